The number of nitrogens with zero attached hydrogens (tertiary/aromatic N) is 4. The van der Waals surface area contributed by atoms with Gasteiger partial charge < -0.3 is 0 Å². The van der Waals surface area contributed by atoms with Gasteiger partial charge in [-0.15, -0.1) is 0 Å². The minimum atomic E-state index is -0.0294. The predicted octanol–water partition coefficient (Wildman–Crippen LogP) is 3.94. The molecule has 0 saturated heterocycles. The van der Waals surface area contributed by atoms with E-state index >= 15 is 0 Å². The van der Waals surface area contributed by atoms with E-state index in [1.165, 1.54) is 0 Å². The second kappa shape index (κ2) is 4.71. The van der Waals surface area contributed by atoms with Gasteiger partial charge in [0, 0.05) is 11.2 Å². The molecule has 6 heteroatoms. The highest BCUT2D eigenvalue weighted by Crippen LogP contribution is 2.35. The van der Waals surface area contributed by atoms with Crippen LogP contribution in [0.15, 0.2) is 46.9 Å². The number of azo groups is 1. The fraction of sp³-hybridized carbons (Fsp3) is 0.250. The summed E-state index contributed by atoms with van der Waals surface area (Å²) in [6, 6.07) is 7.71. The maximum atomic E-state index is 5.89. The van der Waals surface area contributed by atoms with E-state index in [1.807, 2.05) is 28.9 Å². The second-order valence-electron chi connectivity index (χ2n) is 4.14. The molecule has 0 fully saturated rings. The molecule has 1 aromatic heterocycles. The third-order valence-electron chi connectivity index (χ3n) is 2.96. The lowest BCUT2D eigenvalue weighted by atomic mass is 10.0. The molecule has 92 valence electrons. The molecule has 0 N–H and O–H groups in total. The molecule has 2 heterocycles. The van der Waals surface area contributed by atoms with Gasteiger partial charge in [-0.1, -0.05) is 35.3 Å². The van der Waals surface area contributed by atoms with Crippen LogP contribution in [0.1, 0.15) is 17.6 Å². The monoisotopic (exact) mass is 280 g/mol. The standard InChI is InChI=1S/C12H10Cl2N4/c13-9-3-1-8(2-4-9)12-11(6-15-17-12)18-7-10(14)5-16-18/h1-5,7,11-12H,6H2. The Hall–Kier alpha value is -1.39. The summed E-state index contributed by atoms with van der Waals surface area (Å²) in [6.45, 7) is 0.616. The summed E-state index contributed by atoms with van der Waals surface area (Å²) in [4.78, 5) is 0. The van der Waals surface area contributed by atoms with Gasteiger partial charge in [0.05, 0.1) is 17.8 Å². The van der Waals surface area contributed by atoms with E-state index in [4.69, 9.17) is 23.2 Å². The molecule has 0 spiro atoms. The molecule has 1 aromatic carbocycles. The van der Waals surface area contributed by atoms with Crippen LogP contribution in [0.4, 0.5) is 0 Å². The Labute approximate surface area is 114 Å². The highest BCUT2D eigenvalue weighted by molar-refractivity contribution is 6.30. The van der Waals surface area contributed by atoms with E-state index in [9.17, 15) is 0 Å². The molecule has 4 nitrogen and oxygen atoms in total. The Morgan fingerprint density at radius 1 is 1.11 bits per heavy atom. The zero-order valence-electron chi connectivity index (χ0n) is 9.37. The van der Waals surface area contributed by atoms with E-state index in [-0.39, 0.29) is 12.1 Å². The minimum Gasteiger partial charge on any atom is -0.264 e. The molecule has 0 aliphatic carbocycles. The molecule has 0 amide bonds. The van der Waals surface area contributed by atoms with Crippen molar-refractivity contribution in [1.82, 2.24) is 9.78 Å². The first-order valence-electron chi connectivity index (χ1n) is 5.56. The topological polar surface area (TPSA) is 42.5 Å². The molecular weight excluding hydrogens is 271 g/mol. The largest absolute Gasteiger partial charge is 0.264 e. The van der Waals surface area contributed by atoms with Crippen molar-refractivity contribution < 1.29 is 0 Å². The summed E-state index contributed by atoms with van der Waals surface area (Å²) >= 11 is 11.8. The smallest absolute Gasteiger partial charge is 0.120 e. The SMILES string of the molecule is Clc1ccc(C2N=NCC2n2cc(Cl)cn2)cc1. The number of hydrogen-bond acceptors (Lipinski definition) is 3. The summed E-state index contributed by atoms with van der Waals surface area (Å²) < 4.78 is 1.82. The number of rotatable bonds is 2. The van der Waals surface area contributed by atoms with Gasteiger partial charge in [-0.25, -0.2) is 0 Å². The number of hydrogen-bond donors (Lipinski definition) is 0. The van der Waals surface area contributed by atoms with Gasteiger partial charge in [-0.3, -0.25) is 4.68 Å². The zero-order chi connectivity index (χ0) is 12.5. The predicted molar refractivity (Wildman–Crippen MR) is 70.2 cm³/mol. The third kappa shape index (κ3) is 2.13. The van der Waals surface area contributed by atoms with Gasteiger partial charge in [0.2, 0.25) is 0 Å². The first-order chi connectivity index (χ1) is 8.74. The van der Waals surface area contributed by atoms with Crippen LogP contribution in [0, 0.1) is 0 Å². The average Bonchev–Trinajstić information content (AvgIpc) is 2.98. The summed E-state index contributed by atoms with van der Waals surface area (Å²) in [5, 5.41) is 14.0. The van der Waals surface area contributed by atoms with Crippen molar-refractivity contribution in [2.75, 3.05) is 6.54 Å². The Balaban J connectivity index is 1.91. The molecular formula is C12H10Cl2N4. The maximum Gasteiger partial charge on any atom is 0.120 e. The highest BCUT2D eigenvalue weighted by atomic mass is 35.5. The molecule has 0 bridgehead atoms. The molecule has 18 heavy (non-hydrogen) atoms. The van der Waals surface area contributed by atoms with Crippen LogP contribution in [0.2, 0.25) is 10.0 Å². The zero-order valence-corrected chi connectivity index (χ0v) is 10.9. The van der Waals surface area contributed by atoms with Gasteiger partial charge in [-0.2, -0.15) is 15.3 Å². The number of benzene rings is 1. The van der Waals surface area contributed by atoms with Crippen molar-refractivity contribution in [3.63, 3.8) is 0 Å². The number of aromatic nitrogens is 2. The van der Waals surface area contributed by atoms with Crippen molar-refractivity contribution in [3.8, 4) is 0 Å². The number of halogens is 2. The Bertz CT molecular complexity index is 576. The van der Waals surface area contributed by atoms with Crippen LogP contribution in [-0.4, -0.2) is 16.3 Å². The van der Waals surface area contributed by atoms with Crippen LogP contribution in [0.5, 0.6) is 0 Å². The van der Waals surface area contributed by atoms with E-state index in [0.717, 1.165) is 5.56 Å². The van der Waals surface area contributed by atoms with E-state index in [2.05, 4.69) is 15.3 Å². The highest BCUT2D eigenvalue weighted by Gasteiger charge is 2.29. The molecule has 2 atom stereocenters. The van der Waals surface area contributed by atoms with Crippen molar-refractivity contribution in [2.24, 2.45) is 10.2 Å². The third-order valence-corrected chi connectivity index (χ3v) is 3.41. The van der Waals surface area contributed by atoms with Crippen LogP contribution in [-0.2, 0) is 0 Å². The molecule has 1 aliphatic rings. The molecule has 0 saturated carbocycles. The van der Waals surface area contributed by atoms with Crippen LogP contribution < -0.4 is 0 Å². The first-order valence-corrected chi connectivity index (χ1v) is 6.31. The van der Waals surface area contributed by atoms with E-state index in [1.54, 1.807) is 12.4 Å². The molecule has 1 aliphatic heterocycles. The normalized spacial score (nSPS) is 22.6. The fourth-order valence-electron chi connectivity index (χ4n) is 2.07. The lowest BCUT2D eigenvalue weighted by molar-refractivity contribution is 0.434. The van der Waals surface area contributed by atoms with Gasteiger partial charge in [0.25, 0.3) is 0 Å². The van der Waals surface area contributed by atoms with Gasteiger partial charge in [0.15, 0.2) is 0 Å². The molecule has 0 radical (unpaired) electrons. The van der Waals surface area contributed by atoms with Crippen molar-refractivity contribution in [2.45, 2.75) is 12.1 Å². The van der Waals surface area contributed by atoms with Crippen molar-refractivity contribution in [3.05, 3.63) is 52.3 Å². The summed E-state index contributed by atoms with van der Waals surface area (Å²) in [6.07, 6.45) is 3.42. The quantitative estimate of drug-likeness (QED) is 0.822. The second-order valence-corrected chi connectivity index (χ2v) is 5.01. The first kappa shape index (κ1) is 11.7. The Morgan fingerprint density at radius 2 is 1.89 bits per heavy atom. The molecule has 2 unspecified atom stereocenters. The van der Waals surface area contributed by atoms with Crippen molar-refractivity contribution >= 4 is 23.2 Å². The van der Waals surface area contributed by atoms with Gasteiger partial charge in [-0.05, 0) is 17.7 Å². The van der Waals surface area contributed by atoms with E-state index < -0.39 is 0 Å². The summed E-state index contributed by atoms with van der Waals surface area (Å²) in [5.41, 5.74) is 1.08. The van der Waals surface area contributed by atoms with Gasteiger partial charge in [0.1, 0.15) is 12.1 Å². The maximum absolute atomic E-state index is 5.89. The Kier molecular flexibility index (Phi) is 3.06. The Morgan fingerprint density at radius 3 is 2.56 bits per heavy atom. The minimum absolute atomic E-state index is 0.0294. The fourth-order valence-corrected chi connectivity index (χ4v) is 2.34. The van der Waals surface area contributed by atoms with Gasteiger partial charge >= 0.3 is 0 Å². The summed E-state index contributed by atoms with van der Waals surface area (Å²) in [7, 11) is 0. The lowest BCUT2D eigenvalue weighted by Crippen LogP contribution is -2.16. The van der Waals surface area contributed by atoms with E-state index in [0.29, 0.717) is 16.6 Å². The molecule has 2 aromatic rings. The average molecular weight is 281 g/mol. The summed E-state index contributed by atoms with van der Waals surface area (Å²) in [5.74, 6) is 0. The van der Waals surface area contributed by atoms with Crippen LogP contribution in [0.3, 0.4) is 0 Å². The van der Waals surface area contributed by atoms with Crippen LogP contribution in [0.25, 0.3) is 0 Å². The van der Waals surface area contributed by atoms with Crippen molar-refractivity contribution in [1.29, 1.82) is 0 Å². The molecule has 3 rings (SSSR count). The van der Waals surface area contributed by atoms with Crippen LogP contribution >= 0.6 is 23.2 Å². The lowest BCUT2D eigenvalue weighted by Gasteiger charge is -2.17.